The van der Waals surface area contributed by atoms with Crippen LogP contribution in [0.4, 0.5) is 5.69 Å². The summed E-state index contributed by atoms with van der Waals surface area (Å²) in [5.74, 6) is 0.541. The Labute approximate surface area is 129 Å². The Bertz CT molecular complexity index is 585. The third-order valence-corrected chi connectivity index (χ3v) is 2.77. The summed E-state index contributed by atoms with van der Waals surface area (Å²) in [4.78, 5) is 15.9. The van der Waals surface area contributed by atoms with Gasteiger partial charge < -0.3 is 20.4 Å². The molecule has 0 aliphatic heterocycles. The van der Waals surface area contributed by atoms with Crippen molar-refractivity contribution in [1.29, 1.82) is 0 Å². The number of hydrogen-bond acceptors (Lipinski definition) is 4. The summed E-state index contributed by atoms with van der Waals surface area (Å²) in [7, 11) is 1.58. The van der Waals surface area contributed by atoms with E-state index in [1.54, 1.807) is 32.6 Å². The van der Waals surface area contributed by atoms with Crippen molar-refractivity contribution in [3.05, 3.63) is 36.9 Å². The standard InChI is InChI=1S/C14H18N4O2.ClH/c1-10(15)7-14(19)17-12-8-11(20-2)3-4-13(12)18-6-5-16-9-18;/h3-6,8-10H,7,15H2,1-2H3,(H,17,19);1H. The molecule has 0 spiro atoms. The number of anilines is 1. The van der Waals surface area contributed by atoms with Crippen LogP contribution < -0.4 is 15.8 Å². The molecule has 0 radical (unpaired) electrons. The minimum atomic E-state index is -0.183. The molecule has 0 aliphatic rings. The van der Waals surface area contributed by atoms with Crippen molar-refractivity contribution in [1.82, 2.24) is 9.55 Å². The van der Waals surface area contributed by atoms with Gasteiger partial charge in [-0.05, 0) is 19.1 Å². The fraction of sp³-hybridized carbons (Fsp3) is 0.286. The van der Waals surface area contributed by atoms with E-state index in [-0.39, 0.29) is 30.8 Å². The van der Waals surface area contributed by atoms with Gasteiger partial charge in [-0.25, -0.2) is 4.98 Å². The van der Waals surface area contributed by atoms with Crippen LogP contribution in [0.5, 0.6) is 5.75 Å². The molecule has 1 atom stereocenters. The first-order valence-corrected chi connectivity index (χ1v) is 6.32. The van der Waals surface area contributed by atoms with Gasteiger partial charge in [-0.2, -0.15) is 0 Å². The fourth-order valence-corrected chi connectivity index (χ4v) is 1.86. The number of ether oxygens (including phenoxy) is 1. The zero-order valence-corrected chi connectivity index (χ0v) is 12.8. The molecule has 1 heterocycles. The highest BCUT2D eigenvalue weighted by molar-refractivity contribution is 5.93. The first-order chi connectivity index (χ1) is 9.60. The molecule has 0 bridgehead atoms. The maximum absolute atomic E-state index is 11.9. The summed E-state index contributed by atoms with van der Waals surface area (Å²) in [5.41, 5.74) is 7.12. The Morgan fingerprint density at radius 2 is 2.29 bits per heavy atom. The monoisotopic (exact) mass is 310 g/mol. The third-order valence-electron chi connectivity index (χ3n) is 2.77. The number of hydrogen-bond donors (Lipinski definition) is 2. The number of amides is 1. The Hall–Kier alpha value is -2.05. The lowest BCUT2D eigenvalue weighted by Gasteiger charge is -2.14. The molecule has 0 saturated heterocycles. The first-order valence-electron chi connectivity index (χ1n) is 6.32. The van der Waals surface area contributed by atoms with Crippen LogP contribution in [0.2, 0.25) is 0 Å². The number of nitrogens with two attached hydrogens (primary N) is 1. The fourth-order valence-electron chi connectivity index (χ4n) is 1.86. The van der Waals surface area contributed by atoms with E-state index in [4.69, 9.17) is 10.5 Å². The highest BCUT2D eigenvalue weighted by Crippen LogP contribution is 2.25. The minimum absolute atomic E-state index is 0. The number of nitrogens with zero attached hydrogens (tertiary/aromatic N) is 2. The van der Waals surface area contributed by atoms with Gasteiger partial charge in [0.05, 0.1) is 24.8 Å². The van der Waals surface area contributed by atoms with Crippen molar-refractivity contribution in [2.24, 2.45) is 5.73 Å². The van der Waals surface area contributed by atoms with E-state index >= 15 is 0 Å². The Balaban J connectivity index is 0.00000220. The second-order valence-electron chi connectivity index (χ2n) is 4.58. The predicted octanol–water partition coefficient (Wildman–Crippen LogP) is 1.98. The van der Waals surface area contributed by atoms with Gasteiger partial charge in [-0.1, -0.05) is 0 Å². The van der Waals surface area contributed by atoms with Crippen LogP contribution in [0.3, 0.4) is 0 Å². The largest absolute Gasteiger partial charge is 0.497 e. The van der Waals surface area contributed by atoms with E-state index in [9.17, 15) is 4.79 Å². The molecule has 1 aromatic heterocycles. The molecular formula is C14H19ClN4O2. The van der Waals surface area contributed by atoms with Crippen LogP contribution in [-0.4, -0.2) is 28.6 Å². The van der Waals surface area contributed by atoms with Gasteiger partial charge >= 0.3 is 0 Å². The third kappa shape index (κ3) is 4.47. The van der Waals surface area contributed by atoms with Crippen molar-refractivity contribution < 1.29 is 9.53 Å². The summed E-state index contributed by atoms with van der Waals surface area (Å²) in [5, 5.41) is 2.86. The lowest BCUT2D eigenvalue weighted by atomic mass is 10.2. The number of nitrogens with one attached hydrogen (secondary N) is 1. The Kier molecular flexibility index (Phi) is 6.20. The first kappa shape index (κ1) is 17.0. The highest BCUT2D eigenvalue weighted by Gasteiger charge is 2.11. The SMILES string of the molecule is COc1ccc(-n2ccnc2)c(NC(=O)CC(C)N)c1.Cl. The maximum Gasteiger partial charge on any atom is 0.225 e. The van der Waals surface area contributed by atoms with Gasteiger partial charge in [-0.15, -0.1) is 12.4 Å². The number of imidazole rings is 1. The second kappa shape index (κ2) is 7.66. The molecule has 3 N–H and O–H groups in total. The summed E-state index contributed by atoms with van der Waals surface area (Å²) in [6, 6.07) is 5.28. The topological polar surface area (TPSA) is 82.2 Å². The van der Waals surface area contributed by atoms with Crippen molar-refractivity contribution in [2.75, 3.05) is 12.4 Å². The predicted molar refractivity (Wildman–Crippen MR) is 84.3 cm³/mol. The molecular weight excluding hydrogens is 292 g/mol. The van der Waals surface area contributed by atoms with Crippen molar-refractivity contribution in [2.45, 2.75) is 19.4 Å². The van der Waals surface area contributed by atoms with Crippen LogP contribution in [0.1, 0.15) is 13.3 Å². The lowest BCUT2D eigenvalue weighted by Crippen LogP contribution is -2.24. The minimum Gasteiger partial charge on any atom is -0.497 e. The lowest BCUT2D eigenvalue weighted by molar-refractivity contribution is -0.116. The van der Waals surface area contributed by atoms with E-state index in [1.165, 1.54) is 0 Å². The normalized spacial score (nSPS) is 11.4. The molecule has 0 aliphatic carbocycles. The molecule has 0 fully saturated rings. The van der Waals surface area contributed by atoms with Gasteiger partial charge in [-0.3, -0.25) is 4.79 Å². The van der Waals surface area contributed by atoms with E-state index in [0.29, 0.717) is 11.4 Å². The van der Waals surface area contributed by atoms with Crippen LogP contribution in [0.15, 0.2) is 36.9 Å². The van der Waals surface area contributed by atoms with E-state index in [2.05, 4.69) is 10.3 Å². The Morgan fingerprint density at radius 1 is 1.52 bits per heavy atom. The molecule has 1 aromatic carbocycles. The number of benzene rings is 1. The van der Waals surface area contributed by atoms with E-state index in [1.807, 2.05) is 22.9 Å². The maximum atomic E-state index is 11.9. The van der Waals surface area contributed by atoms with Gasteiger partial charge in [0.15, 0.2) is 0 Å². The van der Waals surface area contributed by atoms with Gasteiger partial charge in [0.25, 0.3) is 0 Å². The van der Waals surface area contributed by atoms with Gasteiger partial charge in [0.2, 0.25) is 5.91 Å². The molecule has 21 heavy (non-hydrogen) atoms. The van der Waals surface area contributed by atoms with Crippen LogP contribution in [-0.2, 0) is 4.79 Å². The van der Waals surface area contributed by atoms with Crippen LogP contribution in [0.25, 0.3) is 5.69 Å². The summed E-state index contributed by atoms with van der Waals surface area (Å²) < 4.78 is 7.01. The van der Waals surface area contributed by atoms with E-state index in [0.717, 1.165) is 5.69 Å². The molecule has 114 valence electrons. The van der Waals surface area contributed by atoms with Crippen LogP contribution in [0, 0.1) is 0 Å². The van der Waals surface area contributed by atoms with Crippen molar-refractivity contribution in [3.63, 3.8) is 0 Å². The molecule has 2 aromatic rings. The number of carbonyl (C=O) groups excluding carboxylic acids is 1. The smallest absolute Gasteiger partial charge is 0.225 e. The second-order valence-corrected chi connectivity index (χ2v) is 4.58. The number of methoxy groups -OCH3 is 1. The van der Waals surface area contributed by atoms with Gasteiger partial charge in [0.1, 0.15) is 5.75 Å². The summed E-state index contributed by atoms with van der Waals surface area (Å²) in [6.07, 6.45) is 5.42. The molecule has 1 amide bonds. The average Bonchev–Trinajstić information content (AvgIpc) is 2.91. The summed E-state index contributed by atoms with van der Waals surface area (Å²) in [6.45, 7) is 1.79. The Morgan fingerprint density at radius 3 is 2.86 bits per heavy atom. The summed E-state index contributed by atoms with van der Waals surface area (Å²) >= 11 is 0. The molecule has 0 saturated carbocycles. The quantitative estimate of drug-likeness (QED) is 0.884. The van der Waals surface area contributed by atoms with Gasteiger partial charge in [0, 0.05) is 30.9 Å². The zero-order valence-electron chi connectivity index (χ0n) is 11.9. The number of carbonyl (C=O) groups is 1. The molecule has 1 unspecified atom stereocenters. The molecule has 7 heteroatoms. The van der Waals surface area contributed by atoms with Crippen molar-refractivity contribution >= 4 is 24.0 Å². The number of rotatable bonds is 5. The molecule has 2 rings (SSSR count). The van der Waals surface area contributed by atoms with Crippen LogP contribution >= 0.6 is 12.4 Å². The zero-order chi connectivity index (χ0) is 14.5. The average molecular weight is 311 g/mol. The highest BCUT2D eigenvalue weighted by atomic mass is 35.5. The van der Waals surface area contributed by atoms with E-state index < -0.39 is 0 Å². The number of aromatic nitrogens is 2. The molecule has 6 nitrogen and oxygen atoms in total. The van der Waals surface area contributed by atoms with Crippen molar-refractivity contribution in [3.8, 4) is 11.4 Å². The number of halogens is 1.